The van der Waals surface area contributed by atoms with Gasteiger partial charge in [-0.2, -0.15) is 0 Å². The highest BCUT2D eigenvalue weighted by Gasteiger charge is 2.42. The van der Waals surface area contributed by atoms with Gasteiger partial charge in [0.25, 0.3) is 0 Å². The number of hydrogen-bond donors (Lipinski definition) is 3. The smallest absolute Gasteiger partial charge is 0.245 e. The molecular formula is C23H32N4O3. The van der Waals surface area contributed by atoms with Gasteiger partial charge in [-0.05, 0) is 56.7 Å². The Labute approximate surface area is 178 Å². The summed E-state index contributed by atoms with van der Waals surface area (Å²) in [6, 6.07) is 8.61. The average molecular weight is 413 g/mol. The van der Waals surface area contributed by atoms with Crippen LogP contribution in [0.15, 0.2) is 30.3 Å². The Morgan fingerprint density at radius 3 is 2.67 bits per heavy atom. The van der Waals surface area contributed by atoms with Crippen LogP contribution >= 0.6 is 0 Å². The fourth-order valence-corrected chi connectivity index (χ4v) is 5.21. The summed E-state index contributed by atoms with van der Waals surface area (Å²) in [6.07, 6.45) is 3.49. The Morgan fingerprint density at radius 2 is 1.87 bits per heavy atom. The fourth-order valence-electron chi connectivity index (χ4n) is 5.21. The van der Waals surface area contributed by atoms with Crippen LogP contribution in [-0.4, -0.2) is 60.4 Å². The second kappa shape index (κ2) is 9.16. The maximum absolute atomic E-state index is 13.8. The van der Waals surface area contributed by atoms with Gasteiger partial charge >= 0.3 is 0 Å². The van der Waals surface area contributed by atoms with E-state index in [9.17, 15) is 14.4 Å². The van der Waals surface area contributed by atoms with Gasteiger partial charge in [0.2, 0.25) is 17.7 Å². The van der Waals surface area contributed by atoms with E-state index >= 15 is 0 Å². The SMILES string of the molecule is C[C@H]1NC(=O)CCC[C@H]2[C@H]3CNC[C@H](C3)CN2C(=O)[C@H](Cc2ccccc2)NC1=O. The first-order valence-electron chi connectivity index (χ1n) is 11.2. The molecule has 3 fully saturated rings. The molecule has 3 heterocycles. The molecule has 7 heteroatoms. The number of amides is 3. The van der Waals surface area contributed by atoms with Crippen molar-refractivity contribution in [3.8, 4) is 0 Å². The third kappa shape index (κ3) is 4.67. The maximum Gasteiger partial charge on any atom is 0.245 e. The van der Waals surface area contributed by atoms with Gasteiger partial charge in [0.05, 0.1) is 0 Å². The monoisotopic (exact) mass is 412 g/mol. The lowest BCUT2D eigenvalue weighted by molar-refractivity contribution is -0.144. The number of fused-ring (bicyclic) bond motifs is 4. The summed E-state index contributed by atoms with van der Waals surface area (Å²) in [5.41, 5.74) is 1.01. The lowest BCUT2D eigenvalue weighted by Gasteiger charge is -2.49. The zero-order valence-electron chi connectivity index (χ0n) is 17.6. The molecule has 0 aliphatic carbocycles. The summed E-state index contributed by atoms with van der Waals surface area (Å²) in [7, 11) is 0. The van der Waals surface area contributed by atoms with Crippen molar-refractivity contribution < 1.29 is 14.4 Å². The van der Waals surface area contributed by atoms with E-state index < -0.39 is 12.1 Å². The van der Waals surface area contributed by atoms with Gasteiger partial charge < -0.3 is 20.9 Å². The number of nitrogens with zero attached hydrogens (tertiary/aromatic N) is 1. The van der Waals surface area contributed by atoms with Crippen LogP contribution < -0.4 is 16.0 Å². The predicted octanol–water partition coefficient (Wildman–Crippen LogP) is 0.839. The molecule has 2 bridgehead atoms. The second-order valence-electron chi connectivity index (χ2n) is 9.01. The van der Waals surface area contributed by atoms with Crippen molar-refractivity contribution in [3.05, 3.63) is 35.9 Å². The summed E-state index contributed by atoms with van der Waals surface area (Å²) >= 11 is 0. The number of benzene rings is 1. The van der Waals surface area contributed by atoms with Crippen LogP contribution in [-0.2, 0) is 20.8 Å². The largest absolute Gasteiger partial charge is 0.345 e. The van der Waals surface area contributed by atoms with E-state index in [1.165, 1.54) is 0 Å². The molecule has 0 saturated carbocycles. The van der Waals surface area contributed by atoms with Crippen LogP contribution in [0, 0.1) is 11.8 Å². The van der Waals surface area contributed by atoms with Crippen LogP contribution in [0.3, 0.4) is 0 Å². The molecule has 1 aromatic rings. The van der Waals surface area contributed by atoms with Crippen LogP contribution in [0.2, 0.25) is 0 Å². The number of nitrogens with one attached hydrogen (secondary N) is 3. The molecule has 0 aromatic heterocycles. The highest BCUT2D eigenvalue weighted by molar-refractivity contribution is 5.92. The first-order valence-corrected chi connectivity index (χ1v) is 11.2. The molecule has 3 N–H and O–H groups in total. The molecule has 3 saturated heterocycles. The van der Waals surface area contributed by atoms with Crippen molar-refractivity contribution >= 4 is 17.7 Å². The van der Waals surface area contributed by atoms with E-state index in [1.54, 1.807) is 6.92 Å². The van der Waals surface area contributed by atoms with Gasteiger partial charge in [-0.1, -0.05) is 30.3 Å². The summed E-state index contributed by atoms with van der Waals surface area (Å²) in [4.78, 5) is 40.8. The zero-order valence-corrected chi connectivity index (χ0v) is 17.6. The third-order valence-corrected chi connectivity index (χ3v) is 6.73. The molecule has 30 heavy (non-hydrogen) atoms. The molecular weight excluding hydrogens is 380 g/mol. The molecule has 3 aliphatic heterocycles. The molecule has 0 radical (unpaired) electrons. The van der Waals surface area contributed by atoms with Crippen molar-refractivity contribution in [3.63, 3.8) is 0 Å². The van der Waals surface area contributed by atoms with Crippen LogP contribution in [0.5, 0.6) is 0 Å². The molecule has 0 unspecified atom stereocenters. The summed E-state index contributed by atoms with van der Waals surface area (Å²) in [5.74, 6) is 0.444. The molecule has 0 spiro atoms. The Bertz CT molecular complexity index is 784. The van der Waals surface area contributed by atoms with E-state index in [0.717, 1.165) is 44.5 Å². The first-order chi connectivity index (χ1) is 14.5. The minimum atomic E-state index is -0.663. The molecule has 162 valence electrons. The van der Waals surface area contributed by atoms with E-state index in [0.29, 0.717) is 24.7 Å². The van der Waals surface area contributed by atoms with E-state index in [4.69, 9.17) is 0 Å². The Morgan fingerprint density at radius 1 is 1.07 bits per heavy atom. The Balaban J connectivity index is 1.63. The first kappa shape index (κ1) is 20.8. The normalized spacial score (nSPS) is 32.9. The third-order valence-electron chi connectivity index (χ3n) is 6.73. The topological polar surface area (TPSA) is 90.5 Å². The highest BCUT2D eigenvalue weighted by atomic mass is 16.2. The second-order valence-corrected chi connectivity index (χ2v) is 9.01. The van der Waals surface area contributed by atoms with Crippen LogP contribution in [0.4, 0.5) is 0 Å². The molecule has 1 aromatic carbocycles. The van der Waals surface area contributed by atoms with E-state index in [2.05, 4.69) is 16.0 Å². The van der Waals surface area contributed by atoms with Gasteiger partial charge in [0.15, 0.2) is 0 Å². The Kier molecular flexibility index (Phi) is 6.37. The van der Waals surface area contributed by atoms with Crippen molar-refractivity contribution in [2.45, 2.75) is 57.2 Å². The van der Waals surface area contributed by atoms with Gasteiger partial charge in [-0.15, -0.1) is 0 Å². The van der Waals surface area contributed by atoms with Gasteiger partial charge in [-0.25, -0.2) is 0 Å². The standard InChI is InChI=1S/C23H32N4O3/c1-15-22(29)26-19(11-16-6-3-2-4-7-16)23(30)27-14-17-10-18(13-24-12-17)20(27)8-5-9-21(28)25-15/h2-4,6-7,15,17-20,24H,5,8-14H2,1H3,(H,25,28)(H,26,29)/t15-,17+,18-,19+,20+/m1/s1. The molecule has 3 amide bonds. The van der Waals surface area contributed by atoms with Crippen LogP contribution in [0.1, 0.15) is 38.2 Å². The minimum absolute atomic E-state index is 0.00732. The quantitative estimate of drug-likeness (QED) is 0.671. The molecule has 7 nitrogen and oxygen atoms in total. The maximum atomic E-state index is 13.8. The van der Waals surface area contributed by atoms with Gasteiger partial charge in [0.1, 0.15) is 12.1 Å². The molecule has 3 aliphatic rings. The van der Waals surface area contributed by atoms with Crippen molar-refractivity contribution in [2.75, 3.05) is 19.6 Å². The summed E-state index contributed by atoms with van der Waals surface area (Å²) < 4.78 is 0. The van der Waals surface area contributed by atoms with Crippen molar-refractivity contribution in [1.29, 1.82) is 0 Å². The number of carbonyl (C=O) groups excluding carboxylic acids is 3. The van der Waals surface area contributed by atoms with Gasteiger partial charge in [-0.3, -0.25) is 14.4 Å². The number of hydrogen-bond acceptors (Lipinski definition) is 4. The average Bonchev–Trinajstić information content (AvgIpc) is 2.74. The molecule has 5 atom stereocenters. The van der Waals surface area contributed by atoms with Crippen molar-refractivity contribution in [1.82, 2.24) is 20.9 Å². The van der Waals surface area contributed by atoms with Gasteiger partial charge in [0, 0.05) is 25.4 Å². The lowest BCUT2D eigenvalue weighted by Crippen LogP contribution is -2.63. The van der Waals surface area contributed by atoms with Crippen molar-refractivity contribution in [2.24, 2.45) is 11.8 Å². The van der Waals surface area contributed by atoms with E-state index in [1.807, 2.05) is 35.2 Å². The lowest BCUT2D eigenvalue weighted by atomic mass is 9.78. The summed E-state index contributed by atoms with van der Waals surface area (Å²) in [5, 5.41) is 9.22. The number of carbonyl (C=O) groups is 3. The number of piperidine rings is 2. The number of rotatable bonds is 2. The minimum Gasteiger partial charge on any atom is -0.345 e. The zero-order chi connectivity index (χ0) is 21.1. The highest BCUT2D eigenvalue weighted by Crippen LogP contribution is 2.33. The Hall–Kier alpha value is -2.41. The molecule has 4 rings (SSSR count). The predicted molar refractivity (Wildman–Crippen MR) is 114 cm³/mol. The fraction of sp³-hybridized carbons (Fsp3) is 0.609. The van der Waals surface area contributed by atoms with Crippen LogP contribution in [0.25, 0.3) is 0 Å². The van der Waals surface area contributed by atoms with E-state index in [-0.39, 0.29) is 23.8 Å². The summed E-state index contributed by atoms with van der Waals surface area (Å²) in [6.45, 7) is 4.23.